The predicted molar refractivity (Wildman–Crippen MR) is 88.8 cm³/mol. The Morgan fingerprint density at radius 2 is 1.33 bits per heavy atom. The highest BCUT2D eigenvalue weighted by Crippen LogP contribution is 2.57. The molecule has 3 heteroatoms. The number of hydrogen-bond acceptors (Lipinski definition) is 2. The molecule has 0 spiro atoms. The van der Waals surface area contributed by atoms with Crippen LogP contribution in [0.2, 0.25) is 0 Å². The average molecular weight is 290 g/mol. The molecule has 0 saturated heterocycles. The molecule has 0 aromatic heterocycles. The van der Waals surface area contributed by atoms with Crippen molar-refractivity contribution in [3.05, 3.63) is 72.1 Å². The third-order valence-corrected chi connectivity index (χ3v) is 9.74. The minimum absolute atomic E-state index is 1.26. The van der Waals surface area contributed by atoms with Gasteiger partial charge in [0.25, 0.3) is 0 Å². The average Bonchev–Trinajstić information content (AvgIpc) is 2.46. The molecule has 0 N–H and O–H groups in total. The van der Waals surface area contributed by atoms with E-state index in [-0.39, 0.29) is 0 Å². The molecule has 92 valence electrons. The second kappa shape index (κ2) is 6.38. The Hall–Kier alpha value is -0.820. The van der Waals surface area contributed by atoms with Crippen LogP contribution in [0.25, 0.3) is 0 Å². The Morgan fingerprint density at radius 3 is 1.72 bits per heavy atom. The van der Waals surface area contributed by atoms with Crippen LogP contribution in [0.1, 0.15) is 6.92 Å². The molecule has 0 heterocycles. The fourth-order valence-electron chi connectivity index (χ4n) is 1.67. The summed E-state index contributed by atoms with van der Waals surface area (Å²) >= 11 is 7.80. The molecule has 2 aromatic rings. The van der Waals surface area contributed by atoms with Crippen LogP contribution in [0, 0.1) is 0 Å². The van der Waals surface area contributed by atoms with Crippen LogP contribution in [0.4, 0.5) is 0 Å². The molecule has 18 heavy (non-hydrogen) atoms. The zero-order valence-electron chi connectivity index (χ0n) is 10.2. The van der Waals surface area contributed by atoms with Crippen LogP contribution in [0.3, 0.4) is 0 Å². The minimum atomic E-state index is -1.78. The van der Waals surface area contributed by atoms with Gasteiger partial charge in [0, 0.05) is 0 Å². The third kappa shape index (κ3) is 2.95. The van der Waals surface area contributed by atoms with Gasteiger partial charge in [-0.25, -0.2) is 0 Å². The van der Waals surface area contributed by atoms with Crippen molar-refractivity contribution in [2.24, 2.45) is 0 Å². The molecule has 0 bridgehead atoms. The SMILES string of the molecule is CC=CSP(=S)(c1ccccc1)c1ccccc1. The first-order valence-corrected chi connectivity index (χ1v) is 10.1. The first-order valence-electron chi connectivity index (χ1n) is 5.78. The van der Waals surface area contributed by atoms with E-state index in [0.717, 1.165) is 0 Å². The number of benzene rings is 2. The van der Waals surface area contributed by atoms with Gasteiger partial charge in [0.1, 0.15) is 0 Å². The highest BCUT2D eigenvalue weighted by molar-refractivity contribution is 8.76. The summed E-state index contributed by atoms with van der Waals surface area (Å²) in [6, 6.07) is 20.9. The summed E-state index contributed by atoms with van der Waals surface area (Å²) in [5, 5.41) is 2.85. The number of rotatable bonds is 4. The summed E-state index contributed by atoms with van der Waals surface area (Å²) < 4.78 is 0. The van der Waals surface area contributed by atoms with E-state index in [1.165, 1.54) is 10.6 Å². The van der Waals surface area contributed by atoms with Crippen molar-refractivity contribution >= 4 is 39.0 Å². The largest absolute Gasteiger partial charge is 0.0873 e. The molecule has 0 aliphatic rings. The lowest BCUT2D eigenvalue weighted by Gasteiger charge is -2.20. The highest BCUT2D eigenvalue weighted by atomic mass is 32.9. The van der Waals surface area contributed by atoms with Gasteiger partial charge in [0.15, 0.2) is 0 Å². The Bertz CT molecular complexity index is 518. The third-order valence-electron chi connectivity index (χ3n) is 2.54. The minimum Gasteiger partial charge on any atom is -0.0873 e. The lowest BCUT2D eigenvalue weighted by atomic mass is 10.4. The monoisotopic (exact) mass is 290 g/mol. The molecule has 0 unspecified atom stereocenters. The van der Waals surface area contributed by atoms with Gasteiger partial charge in [0.2, 0.25) is 0 Å². The van der Waals surface area contributed by atoms with Gasteiger partial charge in [-0.1, -0.05) is 89.9 Å². The molecule has 0 atom stereocenters. The van der Waals surface area contributed by atoms with Crippen molar-refractivity contribution in [1.29, 1.82) is 0 Å². The molecule has 0 fully saturated rings. The fourth-order valence-corrected chi connectivity index (χ4v) is 7.15. The normalized spacial score (nSPS) is 11.8. The van der Waals surface area contributed by atoms with E-state index in [1.54, 1.807) is 11.4 Å². The maximum Gasteiger partial charge on any atom is 0.0653 e. The van der Waals surface area contributed by atoms with Gasteiger partial charge in [-0.2, -0.15) is 0 Å². The first-order chi connectivity index (χ1) is 8.77. The maximum atomic E-state index is 6.02. The van der Waals surface area contributed by atoms with Crippen molar-refractivity contribution in [3.63, 3.8) is 0 Å². The summed E-state index contributed by atoms with van der Waals surface area (Å²) in [6.45, 7) is 2.03. The molecule has 2 rings (SSSR count). The lowest BCUT2D eigenvalue weighted by molar-refractivity contribution is 1.76. The van der Waals surface area contributed by atoms with Crippen LogP contribution in [-0.4, -0.2) is 0 Å². The van der Waals surface area contributed by atoms with Crippen molar-refractivity contribution in [3.8, 4) is 0 Å². The molecular weight excluding hydrogens is 275 g/mol. The summed E-state index contributed by atoms with van der Waals surface area (Å²) in [5.74, 6) is 0. The van der Waals surface area contributed by atoms with E-state index in [4.69, 9.17) is 11.8 Å². The predicted octanol–water partition coefficient (Wildman–Crippen LogP) is 4.30. The molecular formula is C15H15PS2. The van der Waals surface area contributed by atoms with Gasteiger partial charge in [0.05, 0.1) is 5.24 Å². The van der Waals surface area contributed by atoms with Gasteiger partial charge in [-0.05, 0) is 22.9 Å². The van der Waals surface area contributed by atoms with Crippen molar-refractivity contribution in [1.82, 2.24) is 0 Å². The van der Waals surface area contributed by atoms with Gasteiger partial charge in [-0.15, -0.1) is 0 Å². The molecule has 0 aliphatic heterocycles. The van der Waals surface area contributed by atoms with Crippen LogP contribution >= 0.6 is 16.6 Å². The first kappa shape index (κ1) is 13.6. The van der Waals surface area contributed by atoms with Crippen LogP contribution < -0.4 is 10.6 Å². The van der Waals surface area contributed by atoms with Crippen LogP contribution in [-0.2, 0) is 11.8 Å². The molecule has 2 aromatic carbocycles. The quantitative estimate of drug-likeness (QED) is 0.770. The van der Waals surface area contributed by atoms with Gasteiger partial charge >= 0.3 is 0 Å². The summed E-state index contributed by atoms with van der Waals surface area (Å²) in [7, 11) is 0. The second-order valence-corrected chi connectivity index (χ2v) is 11.0. The Labute approximate surface area is 118 Å². The van der Waals surface area contributed by atoms with Crippen LogP contribution in [0.15, 0.2) is 72.1 Å². The Morgan fingerprint density at radius 1 is 0.889 bits per heavy atom. The standard InChI is InChI=1S/C15H15PS2/c1-2-13-18-16(17,14-9-5-3-6-10-14)15-11-7-4-8-12-15/h2-13H,1H3. The van der Waals surface area contributed by atoms with Gasteiger partial charge in [-0.3, -0.25) is 0 Å². The molecule has 0 aliphatic carbocycles. The zero-order valence-corrected chi connectivity index (χ0v) is 12.7. The Balaban J connectivity index is 2.52. The van der Waals surface area contributed by atoms with Crippen LogP contribution in [0.5, 0.6) is 0 Å². The van der Waals surface area contributed by atoms with E-state index in [0.29, 0.717) is 0 Å². The fraction of sp³-hybridized carbons (Fsp3) is 0.0667. The number of allylic oxidation sites excluding steroid dienone is 1. The van der Waals surface area contributed by atoms with E-state index >= 15 is 0 Å². The van der Waals surface area contributed by atoms with Crippen molar-refractivity contribution < 1.29 is 0 Å². The zero-order chi connectivity index (χ0) is 12.8. The second-order valence-electron chi connectivity index (χ2n) is 3.80. The van der Waals surface area contributed by atoms with E-state index in [2.05, 4.69) is 60.0 Å². The van der Waals surface area contributed by atoms with E-state index in [1.807, 2.05) is 19.1 Å². The summed E-state index contributed by atoms with van der Waals surface area (Å²) in [6.07, 6.45) is 2.05. The summed E-state index contributed by atoms with van der Waals surface area (Å²) in [5.41, 5.74) is 0. The molecule has 0 radical (unpaired) electrons. The molecule has 0 amide bonds. The van der Waals surface area contributed by atoms with Crippen molar-refractivity contribution in [2.75, 3.05) is 0 Å². The maximum absolute atomic E-state index is 6.02. The van der Waals surface area contributed by atoms with E-state index in [9.17, 15) is 0 Å². The van der Waals surface area contributed by atoms with Gasteiger partial charge < -0.3 is 0 Å². The molecule has 0 saturated carbocycles. The summed E-state index contributed by atoms with van der Waals surface area (Å²) in [4.78, 5) is 0. The topological polar surface area (TPSA) is 0 Å². The van der Waals surface area contributed by atoms with Crippen molar-refractivity contribution in [2.45, 2.75) is 6.92 Å². The number of hydrogen-bond donors (Lipinski definition) is 0. The van der Waals surface area contributed by atoms with E-state index < -0.39 is 5.24 Å². The smallest absolute Gasteiger partial charge is 0.0653 e. The highest BCUT2D eigenvalue weighted by Gasteiger charge is 2.21. The molecule has 0 nitrogen and oxygen atoms in total. The lowest BCUT2D eigenvalue weighted by Crippen LogP contribution is -2.12. The Kier molecular flexibility index (Phi) is 4.82.